The van der Waals surface area contributed by atoms with Gasteiger partial charge in [0.2, 0.25) is 6.29 Å². The lowest BCUT2D eigenvalue weighted by molar-refractivity contribution is 0.103. The monoisotopic (exact) mass is 145 g/mol. The minimum Gasteiger partial charge on any atom is -0.369 e. The van der Waals surface area contributed by atoms with Crippen LogP contribution in [0.5, 0.6) is 0 Å². The number of hydrogen-bond acceptors (Lipinski definition) is 4. The van der Waals surface area contributed by atoms with Crippen LogP contribution in [0.25, 0.3) is 0 Å². The van der Waals surface area contributed by atoms with Crippen LogP contribution in [0.1, 0.15) is 19.3 Å². The molecule has 0 rings (SSSR count). The van der Waals surface area contributed by atoms with Crippen molar-refractivity contribution in [3.05, 3.63) is 0 Å². The van der Waals surface area contributed by atoms with Gasteiger partial charge in [-0.05, 0) is 25.8 Å². The largest absolute Gasteiger partial charge is 0.369 e. The minimum atomic E-state index is -1.77. The lowest BCUT2D eigenvalue weighted by atomic mass is 10.1. The van der Waals surface area contributed by atoms with Crippen molar-refractivity contribution in [1.29, 1.82) is 0 Å². The van der Waals surface area contributed by atoms with Crippen molar-refractivity contribution >= 4 is 6.29 Å². The zero-order valence-corrected chi connectivity index (χ0v) is 5.84. The van der Waals surface area contributed by atoms with E-state index in [0.29, 0.717) is 13.0 Å². The topological polar surface area (TPSA) is 89.3 Å². The van der Waals surface area contributed by atoms with Crippen molar-refractivity contribution in [2.24, 2.45) is 11.5 Å². The second kappa shape index (κ2) is 4.38. The molecule has 10 heavy (non-hydrogen) atoms. The summed E-state index contributed by atoms with van der Waals surface area (Å²) in [6, 6.07) is 0. The van der Waals surface area contributed by atoms with Crippen LogP contribution in [0.3, 0.4) is 0 Å². The first kappa shape index (κ1) is 9.55. The second-order valence-corrected chi connectivity index (χ2v) is 2.27. The van der Waals surface area contributed by atoms with Gasteiger partial charge in [-0.25, -0.2) is 0 Å². The molecule has 0 saturated heterocycles. The van der Waals surface area contributed by atoms with Crippen molar-refractivity contribution in [1.82, 2.24) is 0 Å². The van der Waals surface area contributed by atoms with Crippen LogP contribution in [0.4, 0.5) is 0 Å². The molecule has 0 fully saturated rings. The fraction of sp³-hybridized carbons (Fsp3) is 0.833. The van der Waals surface area contributed by atoms with E-state index < -0.39 is 5.72 Å². The average molecular weight is 145 g/mol. The summed E-state index contributed by atoms with van der Waals surface area (Å²) in [7, 11) is 0. The Kier molecular flexibility index (Phi) is 4.18. The van der Waals surface area contributed by atoms with E-state index in [1.165, 1.54) is 6.29 Å². The SMILES string of the molecule is NCCCC[C@@](N)(O)[C]=O. The predicted molar refractivity (Wildman–Crippen MR) is 37.7 cm³/mol. The van der Waals surface area contributed by atoms with E-state index in [0.717, 1.165) is 6.42 Å². The lowest BCUT2D eigenvalue weighted by Gasteiger charge is -2.12. The van der Waals surface area contributed by atoms with E-state index in [-0.39, 0.29) is 6.42 Å². The molecular formula is C6H13N2O2. The number of hydrogen-bond donors (Lipinski definition) is 3. The van der Waals surface area contributed by atoms with Crippen molar-refractivity contribution < 1.29 is 9.90 Å². The summed E-state index contributed by atoms with van der Waals surface area (Å²) in [5.41, 5.74) is 8.46. The molecule has 0 bridgehead atoms. The van der Waals surface area contributed by atoms with Crippen LogP contribution in [0.15, 0.2) is 0 Å². The van der Waals surface area contributed by atoms with Gasteiger partial charge in [0.1, 0.15) is 0 Å². The zero-order valence-electron chi connectivity index (χ0n) is 5.84. The molecule has 0 amide bonds. The molecule has 0 heterocycles. The summed E-state index contributed by atoms with van der Waals surface area (Å²) in [5.74, 6) is 0. The third kappa shape index (κ3) is 4.43. The molecule has 4 heteroatoms. The van der Waals surface area contributed by atoms with Gasteiger partial charge in [-0.3, -0.25) is 10.5 Å². The number of carbonyl (C=O) groups excluding carboxylic acids is 1. The third-order valence-electron chi connectivity index (χ3n) is 1.19. The maximum Gasteiger partial charge on any atom is 0.249 e. The molecule has 0 unspecified atom stereocenters. The summed E-state index contributed by atoms with van der Waals surface area (Å²) in [5, 5.41) is 8.86. The van der Waals surface area contributed by atoms with Gasteiger partial charge in [0.25, 0.3) is 0 Å². The quantitative estimate of drug-likeness (QED) is 0.337. The Morgan fingerprint density at radius 1 is 1.50 bits per heavy atom. The van der Waals surface area contributed by atoms with E-state index in [1.54, 1.807) is 0 Å². The van der Waals surface area contributed by atoms with Crippen LogP contribution in [-0.2, 0) is 4.79 Å². The highest BCUT2D eigenvalue weighted by molar-refractivity contribution is 5.61. The second-order valence-electron chi connectivity index (χ2n) is 2.27. The Hall–Kier alpha value is -0.450. The molecule has 0 saturated carbocycles. The molecule has 1 radical (unpaired) electrons. The molecule has 0 aliphatic heterocycles. The first-order chi connectivity index (χ1) is 4.62. The molecule has 4 nitrogen and oxygen atoms in total. The fourth-order valence-corrected chi connectivity index (χ4v) is 0.590. The molecule has 1 atom stereocenters. The van der Waals surface area contributed by atoms with E-state index in [2.05, 4.69) is 0 Å². The maximum absolute atomic E-state index is 9.89. The first-order valence-corrected chi connectivity index (χ1v) is 3.23. The van der Waals surface area contributed by atoms with Crippen molar-refractivity contribution in [2.45, 2.75) is 25.0 Å². The van der Waals surface area contributed by atoms with Crippen molar-refractivity contribution in [3.63, 3.8) is 0 Å². The molecule has 0 aliphatic rings. The van der Waals surface area contributed by atoms with Gasteiger partial charge < -0.3 is 10.8 Å². The Morgan fingerprint density at radius 3 is 2.50 bits per heavy atom. The summed E-state index contributed by atoms with van der Waals surface area (Å²) in [4.78, 5) is 9.89. The van der Waals surface area contributed by atoms with Gasteiger partial charge in [-0.2, -0.15) is 0 Å². The summed E-state index contributed by atoms with van der Waals surface area (Å²) in [6.45, 7) is 0.551. The Labute approximate surface area is 60.2 Å². The summed E-state index contributed by atoms with van der Waals surface area (Å²) >= 11 is 0. The van der Waals surface area contributed by atoms with Gasteiger partial charge in [-0.15, -0.1) is 0 Å². The Bertz CT molecular complexity index is 104. The van der Waals surface area contributed by atoms with Crippen LogP contribution >= 0.6 is 0 Å². The molecule has 0 aliphatic carbocycles. The van der Waals surface area contributed by atoms with Crippen LogP contribution in [-0.4, -0.2) is 23.7 Å². The lowest BCUT2D eigenvalue weighted by Crippen LogP contribution is -2.41. The number of rotatable bonds is 5. The van der Waals surface area contributed by atoms with E-state index >= 15 is 0 Å². The number of unbranched alkanes of at least 4 members (excludes halogenated alkanes) is 1. The highest BCUT2D eigenvalue weighted by atomic mass is 16.3. The smallest absolute Gasteiger partial charge is 0.249 e. The van der Waals surface area contributed by atoms with Gasteiger partial charge in [0.05, 0.1) is 0 Å². The predicted octanol–water partition coefficient (Wildman–Crippen LogP) is -1.13. The maximum atomic E-state index is 9.89. The fourth-order valence-electron chi connectivity index (χ4n) is 0.590. The van der Waals surface area contributed by atoms with Crippen molar-refractivity contribution in [2.75, 3.05) is 6.54 Å². The molecule has 0 aromatic carbocycles. The first-order valence-electron chi connectivity index (χ1n) is 3.23. The zero-order chi connectivity index (χ0) is 8.04. The minimum absolute atomic E-state index is 0.230. The van der Waals surface area contributed by atoms with Crippen LogP contribution < -0.4 is 11.5 Å². The van der Waals surface area contributed by atoms with Gasteiger partial charge in [-0.1, -0.05) is 0 Å². The van der Waals surface area contributed by atoms with Gasteiger partial charge >= 0.3 is 0 Å². The Morgan fingerprint density at radius 2 is 2.10 bits per heavy atom. The number of aliphatic hydroxyl groups is 1. The van der Waals surface area contributed by atoms with Crippen LogP contribution in [0, 0.1) is 0 Å². The van der Waals surface area contributed by atoms with Gasteiger partial charge in [0.15, 0.2) is 5.72 Å². The molecule has 59 valence electrons. The Balaban J connectivity index is 3.37. The van der Waals surface area contributed by atoms with Crippen LogP contribution in [0.2, 0.25) is 0 Å². The molecule has 0 aromatic heterocycles. The average Bonchev–Trinajstić information content (AvgIpc) is 1.89. The normalized spacial score (nSPS) is 16.3. The van der Waals surface area contributed by atoms with E-state index in [1.807, 2.05) is 0 Å². The molecular weight excluding hydrogens is 132 g/mol. The highest BCUT2D eigenvalue weighted by Gasteiger charge is 2.19. The highest BCUT2D eigenvalue weighted by Crippen LogP contribution is 2.03. The third-order valence-corrected chi connectivity index (χ3v) is 1.19. The number of nitrogens with two attached hydrogens (primary N) is 2. The van der Waals surface area contributed by atoms with Crippen molar-refractivity contribution in [3.8, 4) is 0 Å². The summed E-state index contributed by atoms with van der Waals surface area (Å²) < 4.78 is 0. The molecule has 5 N–H and O–H groups in total. The standard InChI is InChI=1S/C6H13N2O2/c7-4-2-1-3-6(8,10)5-9/h10H,1-4,7-8H2/t6-/m1/s1. The van der Waals surface area contributed by atoms with E-state index in [9.17, 15) is 4.79 Å². The summed E-state index contributed by atoms with van der Waals surface area (Å²) in [6.07, 6.45) is 2.99. The van der Waals surface area contributed by atoms with E-state index in [4.69, 9.17) is 16.6 Å². The molecule has 0 spiro atoms. The van der Waals surface area contributed by atoms with Gasteiger partial charge in [0, 0.05) is 0 Å². The molecule has 0 aromatic rings.